The van der Waals surface area contributed by atoms with E-state index in [9.17, 15) is 9.59 Å². The highest BCUT2D eigenvalue weighted by atomic mass is 16.2. The topological polar surface area (TPSA) is 58.4 Å². The molecule has 0 N–H and O–H groups in total. The molecule has 3 rings (SSSR count). The van der Waals surface area contributed by atoms with Crippen molar-refractivity contribution in [3.05, 3.63) is 17.7 Å². The van der Waals surface area contributed by atoms with Crippen LogP contribution in [0.25, 0.3) is 0 Å². The molecule has 1 fully saturated rings. The molecule has 6 nitrogen and oxygen atoms in total. The van der Waals surface area contributed by atoms with Crippen LogP contribution in [0.3, 0.4) is 0 Å². The summed E-state index contributed by atoms with van der Waals surface area (Å²) in [5, 5.41) is 0. The third-order valence-corrected chi connectivity index (χ3v) is 4.57. The number of aromatic nitrogens is 2. The number of nitrogens with zero attached hydrogens (tertiary/aromatic N) is 4. The van der Waals surface area contributed by atoms with Gasteiger partial charge in [-0.25, -0.2) is 4.98 Å². The molecule has 0 spiro atoms. The minimum absolute atomic E-state index is 0.0669. The van der Waals surface area contributed by atoms with E-state index in [4.69, 9.17) is 0 Å². The molecule has 1 saturated carbocycles. The first kappa shape index (κ1) is 14.1. The minimum Gasteiger partial charge on any atom is -0.343 e. The van der Waals surface area contributed by atoms with Gasteiger partial charge >= 0.3 is 0 Å². The third-order valence-electron chi connectivity index (χ3n) is 4.57. The van der Waals surface area contributed by atoms with Crippen molar-refractivity contribution in [3.63, 3.8) is 0 Å². The summed E-state index contributed by atoms with van der Waals surface area (Å²) in [6.45, 7) is 5.52. The fourth-order valence-corrected chi connectivity index (χ4v) is 3.00. The second kappa shape index (κ2) is 4.86. The summed E-state index contributed by atoms with van der Waals surface area (Å²) in [4.78, 5) is 32.4. The normalized spacial score (nSPS) is 27.2. The molecule has 0 aromatic carbocycles. The Balaban J connectivity index is 1.83. The molecule has 0 radical (unpaired) electrons. The SMILES string of the molecule is CC1CC1C(=O)N1CCn2cc(C(=O)N(C)C)nc2C1C. The van der Waals surface area contributed by atoms with E-state index in [-0.39, 0.29) is 23.8 Å². The Morgan fingerprint density at radius 3 is 2.52 bits per heavy atom. The maximum atomic E-state index is 12.5. The molecule has 2 heterocycles. The van der Waals surface area contributed by atoms with Crippen molar-refractivity contribution in [2.24, 2.45) is 11.8 Å². The summed E-state index contributed by atoms with van der Waals surface area (Å²) in [6, 6.07) is -0.0669. The van der Waals surface area contributed by atoms with Gasteiger partial charge in [-0.1, -0.05) is 6.92 Å². The minimum atomic E-state index is -0.0993. The van der Waals surface area contributed by atoms with Crippen LogP contribution in [0.15, 0.2) is 6.20 Å². The average Bonchev–Trinajstić information content (AvgIpc) is 3.01. The van der Waals surface area contributed by atoms with E-state index < -0.39 is 0 Å². The maximum Gasteiger partial charge on any atom is 0.273 e. The van der Waals surface area contributed by atoms with Crippen molar-refractivity contribution < 1.29 is 9.59 Å². The van der Waals surface area contributed by atoms with E-state index in [0.717, 1.165) is 12.2 Å². The van der Waals surface area contributed by atoms with Crippen LogP contribution < -0.4 is 0 Å². The van der Waals surface area contributed by atoms with Crippen LogP contribution >= 0.6 is 0 Å². The number of carbonyl (C=O) groups is 2. The van der Waals surface area contributed by atoms with Crippen molar-refractivity contribution in [1.82, 2.24) is 19.4 Å². The zero-order valence-corrected chi connectivity index (χ0v) is 13.0. The number of carbonyl (C=O) groups excluding carboxylic acids is 2. The van der Waals surface area contributed by atoms with Gasteiger partial charge in [-0.2, -0.15) is 0 Å². The van der Waals surface area contributed by atoms with Gasteiger partial charge in [0.15, 0.2) is 0 Å². The molecule has 21 heavy (non-hydrogen) atoms. The number of amides is 2. The molecule has 1 aliphatic heterocycles. The summed E-state index contributed by atoms with van der Waals surface area (Å²) in [6.07, 6.45) is 2.80. The first-order chi connectivity index (χ1) is 9.90. The first-order valence-electron chi connectivity index (χ1n) is 7.49. The quantitative estimate of drug-likeness (QED) is 0.821. The number of fused-ring (bicyclic) bond motifs is 1. The zero-order valence-electron chi connectivity index (χ0n) is 13.0. The van der Waals surface area contributed by atoms with Crippen molar-refractivity contribution >= 4 is 11.8 Å². The fourth-order valence-electron chi connectivity index (χ4n) is 3.00. The molecule has 1 aromatic heterocycles. The first-order valence-corrected chi connectivity index (χ1v) is 7.49. The largest absolute Gasteiger partial charge is 0.343 e. The Morgan fingerprint density at radius 1 is 1.29 bits per heavy atom. The smallest absolute Gasteiger partial charge is 0.273 e. The van der Waals surface area contributed by atoms with Gasteiger partial charge in [0.05, 0.1) is 6.04 Å². The van der Waals surface area contributed by atoms with Gasteiger partial charge in [0.25, 0.3) is 5.91 Å². The van der Waals surface area contributed by atoms with E-state index >= 15 is 0 Å². The van der Waals surface area contributed by atoms with E-state index in [2.05, 4.69) is 11.9 Å². The molecule has 2 amide bonds. The number of hydrogen-bond donors (Lipinski definition) is 0. The van der Waals surface area contributed by atoms with Gasteiger partial charge in [0.2, 0.25) is 5.91 Å². The van der Waals surface area contributed by atoms with Crippen molar-refractivity contribution in [2.75, 3.05) is 20.6 Å². The molecule has 3 atom stereocenters. The lowest BCUT2D eigenvalue weighted by Crippen LogP contribution is -2.42. The van der Waals surface area contributed by atoms with Crippen molar-refractivity contribution in [3.8, 4) is 0 Å². The highest BCUT2D eigenvalue weighted by molar-refractivity contribution is 5.91. The Labute approximate surface area is 124 Å². The van der Waals surface area contributed by atoms with Gasteiger partial charge in [0, 0.05) is 39.3 Å². The predicted octanol–water partition coefficient (Wildman–Crippen LogP) is 1.14. The van der Waals surface area contributed by atoms with Gasteiger partial charge in [-0.3, -0.25) is 9.59 Å². The Bertz CT molecular complexity index is 592. The van der Waals surface area contributed by atoms with Crippen LogP contribution in [-0.4, -0.2) is 51.8 Å². The van der Waals surface area contributed by atoms with Gasteiger partial charge in [0.1, 0.15) is 11.5 Å². The Kier molecular flexibility index (Phi) is 3.26. The van der Waals surface area contributed by atoms with E-state index in [1.165, 1.54) is 4.90 Å². The second-order valence-corrected chi connectivity index (χ2v) is 6.40. The Hall–Kier alpha value is -1.85. The molecule has 0 saturated heterocycles. The van der Waals surface area contributed by atoms with Gasteiger partial charge in [-0.05, 0) is 19.3 Å². The molecular formula is C15H22N4O2. The van der Waals surface area contributed by atoms with Crippen molar-refractivity contribution in [1.29, 1.82) is 0 Å². The van der Waals surface area contributed by atoms with Crippen LogP contribution in [0, 0.1) is 11.8 Å². The molecule has 6 heteroatoms. The highest BCUT2D eigenvalue weighted by Crippen LogP contribution is 2.41. The van der Waals surface area contributed by atoms with Crippen LogP contribution in [0.1, 0.15) is 42.6 Å². The second-order valence-electron chi connectivity index (χ2n) is 6.40. The molecule has 1 aliphatic carbocycles. The maximum absolute atomic E-state index is 12.5. The molecule has 0 bridgehead atoms. The highest BCUT2D eigenvalue weighted by Gasteiger charge is 2.44. The summed E-state index contributed by atoms with van der Waals surface area (Å²) < 4.78 is 2.00. The standard InChI is InChI=1S/C15H22N4O2/c1-9-7-11(9)14(20)19-6-5-18-8-12(15(21)17(3)4)16-13(18)10(19)2/h8-11H,5-7H2,1-4H3. The summed E-state index contributed by atoms with van der Waals surface area (Å²) in [5.41, 5.74) is 0.455. The third kappa shape index (κ3) is 2.32. The monoisotopic (exact) mass is 290 g/mol. The van der Waals surface area contributed by atoms with Gasteiger partial charge in [-0.15, -0.1) is 0 Å². The lowest BCUT2D eigenvalue weighted by molar-refractivity contribution is -0.136. The molecular weight excluding hydrogens is 268 g/mol. The van der Waals surface area contributed by atoms with E-state index in [1.807, 2.05) is 16.4 Å². The van der Waals surface area contributed by atoms with Gasteiger partial charge < -0.3 is 14.4 Å². The van der Waals surface area contributed by atoms with Crippen molar-refractivity contribution in [2.45, 2.75) is 32.9 Å². The fraction of sp³-hybridized carbons (Fsp3) is 0.667. The Morgan fingerprint density at radius 2 is 1.95 bits per heavy atom. The lowest BCUT2D eigenvalue weighted by atomic mass is 10.1. The van der Waals surface area contributed by atoms with E-state index in [0.29, 0.717) is 24.7 Å². The molecule has 3 unspecified atom stereocenters. The zero-order chi connectivity index (χ0) is 15.3. The van der Waals surface area contributed by atoms with Crippen LogP contribution in [0.2, 0.25) is 0 Å². The number of rotatable bonds is 2. The number of imidazole rings is 1. The van der Waals surface area contributed by atoms with E-state index in [1.54, 1.807) is 20.3 Å². The van der Waals surface area contributed by atoms with Crippen LogP contribution in [-0.2, 0) is 11.3 Å². The molecule has 2 aliphatic rings. The van der Waals surface area contributed by atoms with Crippen LogP contribution in [0.5, 0.6) is 0 Å². The summed E-state index contributed by atoms with van der Waals surface area (Å²) in [5.74, 6) is 1.66. The number of hydrogen-bond acceptors (Lipinski definition) is 3. The summed E-state index contributed by atoms with van der Waals surface area (Å²) >= 11 is 0. The lowest BCUT2D eigenvalue weighted by Gasteiger charge is -2.34. The van der Waals surface area contributed by atoms with Crippen LogP contribution in [0.4, 0.5) is 0 Å². The predicted molar refractivity (Wildman–Crippen MR) is 77.6 cm³/mol. The average molecular weight is 290 g/mol. The molecule has 1 aromatic rings. The molecule has 114 valence electrons. The summed E-state index contributed by atoms with van der Waals surface area (Å²) in [7, 11) is 3.43.